The number of nitrogens with zero attached hydrogens (tertiary/aromatic N) is 1. The van der Waals surface area contributed by atoms with Crippen LogP contribution in [0.2, 0.25) is 0 Å². The first-order chi connectivity index (χ1) is 14.0. The van der Waals surface area contributed by atoms with Crippen molar-refractivity contribution in [3.63, 3.8) is 0 Å². The summed E-state index contributed by atoms with van der Waals surface area (Å²) in [5.74, 6) is 1.98. The van der Waals surface area contributed by atoms with Gasteiger partial charge in [-0.2, -0.15) is 0 Å². The Hall–Kier alpha value is -1.80. The zero-order chi connectivity index (χ0) is 20.7. The van der Waals surface area contributed by atoms with E-state index in [0.717, 1.165) is 25.1 Å². The molecule has 2 aliphatic heterocycles. The van der Waals surface area contributed by atoms with Gasteiger partial charge >= 0.3 is 0 Å². The molecule has 2 heterocycles. The fourth-order valence-electron chi connectivity index (χ4n) is 4.02. The molecule has 0 aromatic heterocycles. The predicted molar refractivity (Wildman–Crippen MR) is 116 cm³/mol. The molecule has 0 radical (unpaired) electrons. The van der Waals surface area contributed by atoms with Crippen LogP contribution in [0.1, 0.15) is 38.7 Å². The smallest absolute Gasteiger partial charge is 0.191 e. The van der Waals surface area contributed by atoms with E-state index in [1.807, 2.05) is 26.0 Å². The molecule has 2 aliphatic rings. The monoisotopic (exact) mass is 423 g/mol. The minimum absolute atomic E-state index is 0.0751. The van der Waals surface area contributed by atoms with Crippen LogP contribution in [0.4, 0.5) is 0 Å². The van der Waals surface area contributed by atoms with Gasteiger partial charge in [-0.25, -0.2) is 8.42 Å². The number of hydrogen-bond acceptors (Lipinski definition) is 5. The van der Waals surface area contributed by atoms with Crippen molar-refractivity contribution in [3.05, 3.63) is 29.8 Å². The summed E-state index contributed by atoms with van der Waals surface area (Å²) in [5, 5.41) is 6.58. The summed E-state index contributed by atoms with van der Waals surface area (Å²) < 4.78 is 34.7. The maximum absolute atomic E-state index is 11.8. The lowest BCUT2D eigenvalue weighted by Gasteiger charge is -2.37. The molecule has 0 spiro atoms. The highest BCUT2D eigenvalue weighted by Crippen LogP contribution is 2.36. The van der Waals surface area contributed by atoms with Crippen molar-refractivity contribution in [2.45, 2.75) is 44.6 Å². The summed E-state index contributed by atoms with van der Waals surface area (Å²) in [6.07, 6.45) is 2.44. The van der Waals surface area contributed by atoms with Gasteiger partial charge in [0.15, 0.2) is 15.8 Å². The van der Waals surface area contributed by atoms with Crippen LogP contribution in [0.15, 0.2) is 29.3 Å². The van der Waals surface area contributed by atoms with Crippen molar-refractivity contribution in [1.29, 1.82) is 0 Å². The molecule has 2 saturated heterocycles. The average molecular weight is 424 g/mol. The molecule has 1 atom stereocenters. The Morgan fingerprint density at radius 1 is 1.24 bits per heavy atom. The minimum atomic E-state index is -2.93. The lowest BCUT2D eigenvalue weighted by molar-refractivity contribution is 0.0531. The van der Waals surface area contributed by atoms with Gasteiger partial charge in [-0.15, -0.1) is 0 Å². The van der Waals surface area contributed by atoms with Gasteiger partial charge in [0.05, 0.1) is 24.7 Å². The van der Waals surface area contributed by atoms with Gasteiger partial charge < -0.3 is 20.1 Å². The van der Waals surface area contributed by atoms with Crippen LogP contribution in [0.3, 0.4) is 0 Å². The summed E-state index contributed by atoms with van der Waals surface area (Å²) in [6, 6.07) is 8.24. The van der Waals surface area contributed by atoms with Crippen LogP contribution >= 0.6 is 0 Å². The molecule has 1 aromatic carbocycles. The van der Waals surface area contributed by atoms with E-state index >= 15 is 0 Å². The minimum Gasteiger partial charge on any atom is -0.494 e. The van der Waals surface area contributed by atoms with Crippen LogP contribution in [-0.2, 0) is 20.0 Å². The number of sulfone groups is 1. The number of rotatable bonds is 7. The molecule has 162 valence electrons. The average Bonchev–Trinajstić information content (AvgIpc) is 3.06. The summed E-state index contributed by atoms with van der Waals surface area (Å²) in [5.41, 5.74) is 1.15. The normalized spacial score (nSPS) is 23.5. The Bertz CT molecular complexity index is 787. The third-order valence-electron chi connectivity index (χ3n) is 5.68. The number of hydrogen-bond donors (Lipinski definition) is 2. The van der Waals surface area contributed by atoms with Crippen molar-refractivity contribution in [3.8, 4) is 5.75 Å². The molecule has 2 fully saturated rings. The van der Waals surface area contributed by atoms with Crippen LogP contribution in [0.25, 0.3) is 0 Å². The molecule has 0 bridgehead atoms. The zero-order valence-corrected chi connectivity index (χ0v) is 18.3. The molecule has 3 rings (SSSR count). The lowest BCUT2D eigenvalue weighted by Crippen LogP contribution is -2.45. The largest absolute Gasteiger partial charge is 0.494 e. The van der Waals surface area contributed by atoms with E-state index in [-0.39, 0.29) is 23.0 Å². The van der Waals surface area contributed by atoms with Gasteiger partial charge in [0.2, 0.25) is 0 Å². The van der Waals surface area contributed by atoms with E-state index in [0.29, 0.717) is 38.7 Å². The number of aliphatic imine (C=N–C) groups is 1. The van der Waals surface area contributed by atoms with Crippen LogP contribution in [0.5, 0.6) is 5.75 Å². The zero-order valence-electron chi connectivity index (χ0n) is 17.4. The van der Waals surface area contributed by atoms with Crippen LogP contribution in [0, 0.1) is 0 Å². The van der Waals surface area contributed by atoms with E-state index in [1.54, 1.807) is 0 Å². The Morgan fingerprint density at radius 2 is 1.97 bits per heavy atom. The van der Waals surface area contributed by atoms with Crippen molar-refractivity contribution < 1.29 is 17.9 Å². The molecule has 0 aliphatic carbocycles. The Morgan fingerprint density at radius 3 is 2.55 bits per heavy atom. The molecule has 1 unspecified atom stereocenters. The maximum atomic E-state index is 11.8. The molecule has 0 saturated carbocycles. The SMILES string of the molecule is CCNC(=NCC1(c2ccc(OCC)cc2)CCOCC1)NC1CCS(=O)(=O)C1. The maximum Gasteiger partial charge on any atom is 0.191 e. The van der Waals surface area contributed by atoms with Gasteiger partial charge in [-0.1, -0.05) is 12.1 Å². The number of nitrogens with one attached hydrogen (secondary N) is 2. The molecule has 8 heteroatoms. The highest BCUT2D eigenvalue weighted by atomic mass is 32.2. The first kappa shape index (κ1) is 21.9. The van der Waals surface area contributed by atoms with E-state index in [4.69, 9.17) is 14.5 Å². The third-order valence-corrected chi connectivity index (χ3v) is 7.45. The second kappa shape index (κ2) is 9.80. The summed E-state index contributed by atoms with van der Waals surface area (Å²) in [7, 11) is -2.93. The van der Waals surface area contributed by atoms with E-state index in [9.17, 15) is 8.42 Å². The van der Waals surface area contributed by atoms with Crippen LogP contribution in [-0.4, -0.2) is 64.8 Å². The Kier molecular flexibility index (Phi) is 7.40. The quantitative estimate of drug-likeness (QED) is 0.514. The topological polar surface area (TPSA) is 89.0 Å². The predicted octanol–water partition coefficient (Wildman–Crippen LogP) is 1.88. The van der Waals surface area contributed by atoms with Crippen molar-refractivity contribution >= 4 is 15.8 Å². The van der Waals surface area contributed by atoms with Crippen molar-refractivity contribution in [2.75, 3.05) is 44.4 Å². The molecular weight excluding hydrogens is 390 g/mol. The fourth-order valence-corrected chi connectivity index (χ4v) is 5.70. The van der Waals surface area contributed by atoms with Crippen molar-refractivity contribution in [1.82, 2.24) is 10.6 Å². The molecular formula is C21H33N3O4S. The van der Waals surface area contributed by atoms with Crippen LogP contribution < -0.4 is 15.4 Å². The summed E-state index contributed by atoms with van der Waals surface area (Å²) in [6.45, 7) is 7.43. The standard InChI is InChI=1S/C21H33N3O4S/c1-3-22-20(24-18-9-14-29(25,26)15-18)23-16-21(10-12-27-13-11-21)17-5-7-19(8-6-17)28-4-2/h5-8,18H,3-4,9-16H2,1-2H3,(H2,22,23,24). The Balaban J connectivity index is 1.76. The molecule has 0 amide bonds. The second-order valence-electron chi connectivity index (χ2n) is 7.79. The van der Waals surface area contributed by atoms with E-state index in [1.165, 1.54) is 5.56 Å². The lowest BCUT2D eigenvalue weighted by atomic mass is 9.74. The van der Waals surface area contributed by atoms with Gasteiger partial charge in [-0.3, -0.25) is 4.99 Å². The first-order valence-electron chi connectivity index (χ1n) is 10.5. The van der Waals surface area contributed by atoms with Gasteiger partial charge in [-0.05, 0) is 50.8 Å². The van der Waals surface area contributed by atoms with E-state index in [2.05, 4.69) is 22.8 Å². The first-order valence-corrected chi connectivity index (χ1v) is 12.3. The number of benzene rings is 1. The number of ether oxygens (including phenoxy) is 2. The third kappa shape index (κ3) is 5.85. The highest BCUT2D eigenvalue weighted by Gasteiger charge is 2.35. The summed E-state index contributed by atoms with van der Waals surface area (Å²) in [4.78, 5) is 4.87. The molecule has 7 nitrogen and oxygen atoms in total. The van der Waals surface area contributed by atoms with Gasteiger partial charge in [0, 0.05) is 31.2 Å². The Labute approximate surface area is 174 Å². The van der Waals surface area contributed by atoms with Crippen molar-refractivity contribution in [2.24, 2.45) is 4.99 Å². The molecule has 29 heavy (non-hydrogen) atoms. The molecule has 1 aromatic rings. The fraction of sp³-hybridized carbons (Fsp3) is 0.667. The highest BCUT2D eigenvalue weighted by molar-refractivity contribution is 7.91. The van der Waals surface area contributed by atoms with Gasteiger partial charge in [0.25, 0.3) is 0 Å². The second-order valence-corrected chi connectivity index (χ2v) is 10.0. The molecule has 2 N–H and O–H groups in total. The summed E-state index contributed by atoms with van der Waals surface area (Å²) >= 11 is 0. The van der Waals surface area contributed by atoms with E-state index < -0.39 is 9.84 Å². The number of guanidine groups is 1. The van der Waals surface area contributed by atoms with Gasteiger partial charge in [0.1, 0.15) is 5.75 Å².